The van der Waals surface area contributed by atoms with E-state index in [1.807, 2.05) is 36.4 Å². The molecule has 0 heterocycles. The van der Waals surface area contributed by atoms with E-state index in [-0.39, 0.29) is 0 Å². The first-order chi connectivity index (χ1) is 6.57. The van der Waals surface area contributed by atoms with Crippen molar-refractivity contribution in [1.29, 1.82) is 0 Å². The Morgan fingerprint density at radius 2 is 1.79 bits per heavy atom. The van der Waals surface area contributed by atoms with E-state index in [1.165, 1.54) is 5.56 Å². The average Bonchev–Trinajstić information content (AvgIpc) is 2.20. The lowest BCUT2D eigenvalue weighted by atomic mass is 10.2. The molecule has 1 aromatic rings. The molecule has 0 aliphatic rings. The minimum Gasteiger partial charge on any atom is -0.276 e. The topological polar surface area (TPSA) is 17.1 Å². The zero-order chi connectivity index (χ0) is 11.0. The quantitative estimate of drug-likeness (QED) is 0.536. The van der Waals surface area contributed by atoms with E-state index < -0.39 is 5.24 Å². The van der Waals surface area contributed by atoms with Crippen LogP contribution in [0.3, 0.4) is 0 Å². The lowest BCUT2D eigenvalue weighted by molar-refractivity contribution is -0.108. The zero-order valence-corrected chi connectivity index (χ0v) is 8.92. The second-order valence-electron chi connectivity index (χ2n) is 2.67. The molecule has 0 spiro atoms. The van der Waals surface area contributed by atoms with Gasteiger partial charge in [-0.25, -0.2) is 0 Å². The van der Waals surface area contributed by atoms with Gasteiger partial charge in [-0.2, -0.15) is 0 Å². The summed E-state index contributed by atoms with van der Waals surface area (Å²) in [5, 5.41) is -0.463. The van der Waals surface area contributed by atoms with E-state index in [2.05, 4.69) is 13.2 Å². The van der Waals surface area contributed by atoms with Gasteiger partial charge in [0.2, 0.25) is 5.24 Å². The van der Waals surface area contributed by atoms with Crippen LogP contribution in [-0.2, 0) is 4.79 Å². The molecule has 0 atom stereocenters. The normalized spacial score (nSPS) is 8.14. The van der Waals surface area contributed by atoms with Crippen LogP contribution in [0.25, 0.3) is 6.08 Å². The van der Waals surface area contributed by atoms with Gasteiger partial charge in [-0.15, -0.1) is 0 Å². The SMILES string of the molecule is C=C(C)C(=O)Cl.C=Cc1ccccc1. The fraction of sp³-hybridized carbons (Fsp3) is 0.0833. The molecule has 0 radical (unpaired) electrons. The third-order valence-corrected chi connectivity index (χ3v) is 1.69. The summed E-state index contributed by atoms with van der Waals surface area (Å²) in [5.74, 6) is 0. The minimum absolute atomic E-state index is 0.386. The number of carbonyl (C=O) groups excluding carboxylic acids is 1. The van der Waals surface area contributed by atoms with Crippen LogP contribution in [0.2, 0.25) is 0 Å². The molecular weight excluding hydrogens is 196 g/mol. The maximum Gasteiger partial charge on any atom is 0.247 e. The molecule has 0 aliphatic heterocycles. The summed E-state index contributed by atoms with van der Waals surface area (Å²) in [7, 11) is 0. The molecule has 0 bridgehead atoms. The molecule has 1 rings (SSSR count). The van der Waals surface area contributed by atoms with Gasteiger partial charge in [-0.3, -0.25) is 4.79 Å². The number of halogens is 1. The van der Waals surface area contributed by atoms with E-state index >= 15 is 0 Å². The summed E-state index contributed by atoms with van der Waals surface area (Å²) in [5.41, 5.74) is 1.56. The molecule has 0 aliphatic carbocycles. The highest BCUT2D eigenvalue weighted by atomic mass is 35.5. The number of allylic oxidation sites excluding steroid dienone is 1. The van der Waals surface area contributed by atoms with Crippen molar-refractivity contribution >= 4 is 22.9 Å². The summed E-state index contributed by atoms with van der Waals surface area (Å²) in [6.07, 6.45) is 1.83. The highest BCUT2D eigenvalue weighted by Gasteiger charge is 1.89. The molecule has 0 saturated heterocycles. The van der Waals surface area contributed by atoms with Gasteiger partial charge in [0.15, 0.2) is 0 Å². The van der Waals surface area contributed by atoms with E-state index in [4.69, 9.17) is 11.6 Å². The van der Waals surface area contributed by atoms with Crippen molar-refractivity contribution in [3.63, 3.8) is 0 Å². The number of benzene rings is 1. The second-order valence-corrected chi connectivity index (χ2v) is 3.01. The van der Waals surface area contributed by atoms with Crippen molar-refractivity contribution in [2.75, 3.05) is 0 Å². The monoisotopic (exact) mass is 208 g/mol. The summed E-state index contributed by atoms with van der Waals surface area (Å²) >= 11 is 4.87. The minimum atomic E-state index is -0.463. The smallest absolute Gasteiger partial charge is 0.247 e. The zero-order valence-electron chi connectivity index (χ0n) is 8.16. The number of hydrogen-bond donors (Lipinski definition) is 0. The highest BCUT2D eigenvalue weighted by Crippen LogP contribution is 1.97. The standard InChI is InChI=1S/C8H8.C4H5ClO/c1-2-8-6-4-3-5-7-8;1-3(2)4(5)6/h2-7H,1H2;1H2,2H3. The van der Waals surface area contributed by atoms with Crippen LogP contribution in [0.4, 0.5) is 0 Å². The maximum absolute atomic E-state index is 9.81. The highest BCUT2D eigenvalue weighted by molar-refractivity contribution is 6.67. The Bertz CT molecular complexity index is 302. The largest absolute Gasteiger partial charge is 0.276 e. The molecule has 2 heteroatoms. The summed E-state index contributed by atoms with van der Waals surface area (Å²) in [4.78, 5) is 9.81. The average molecular weight is 209 g/mol. The van der Waals surface area contributed by atoms with E-state index in [0.717, 1.165) is 0 Å². The van der Waals surface area contributed by atoms with Crippen molar-refractivity contribution in [3.05, 3.63) is 54.6 Å². The van der Waals surface area contributed by atoms with Gasteiger partial charge in [-0.05, 0) is 24.1 Å². The lowest BCUT2D eigenvalue weighted by Gasteiger charge is -1.85. The third kappa shape index (κ3) is 6.21. The number of rotatable bonds is 2. The van der Waals surface area contributed by atoms with Crippen LogP contribution >= 0.6 is 11.6 Å². The fourth-order valence-corrected chi connectivity index (χ4v) is 0.589. The van der Waals surface area contributed by atoms with Gasteiger partial charge < -0.3 is 0 Å². The molecule has 1 aromatic carbocycles. The van der Waals surface area contributed by atoms with Crippen molar-refractivity contribution in [2.24, 2.45) is 0 Å². The molecule has 1 nitrogen and oxygen atoms in total. The molecule has 0 saturated carbocycles. The molecule has 0 unspecified atom stereocenters. The molecular formula is C12H13ClO. The second kappa shape index (κ2) is 7.10. The number of carbonyl (C=O) groups is 1. The van der Waals surface area contributed by atoms with Gasteiger partial charge >= 0.3 is 0 Å². The summed E-state index contributed by atoms with van der Waals surface area (Å²) in [6, 6.07) is 10.0. The Morgan fingerprint density at radius 1 is 1.36 bits per heavy atom. The van der Waals surface area contributed by atoms with Gasteiger partial charge in [0.25, 0.3) is 0 Å². The van der Waals surface area contributed by atoms with Gasteiger partial charge in [0.1, 0.15) is 0 Å². The van der Waals surface area contributed by atoms with Crippen molar-refractivity contribution in [3.8, 4) is 0 Å². The van der Waals surface area contributed by atoms with Crippen LogP contribution in [0.5, 0.6) is 0 Å². The molecule has 0 fully saturated rings. The van der Waals surface area contributed by atoms with Gasteiger partial charge in [0, 0.05) is 5.57 Å². The molecule has 14 heavy (non-hydrogen) atoms. The first kappa shape index (κ1) is 12.7. The first-order valence-electron chi connectivity index (χ1n) is 4.10. The predicted octanol–water partition coefficient (Wildman–Crippen LogP) is 3.66. The predicted molar refractivity (Wildman–Crippen MR) is 62.2 cm³/mol. The van der Waals surface area contributed by atoms with Crippen molar-refractivity contribution < 1.29 is 4.79 Å². The molecule has 0 N–H and O–H groups in total. The molecule has 0 amide bonds. The van der Waals surface area contributed by atoms with Crippen LogP contribution in [-0.4, -0.2) is 5.24 Å². The number of hydrogen-bond acceptors (Lipinski definition) is 1. The first-order valence-corrected chi connectivity index (χ1v) is 4.48. The Balaban J connectivity index is 0.000000255. The summed E-state index contributed by atoms with van der Waals surface area (Å²) < 4.78 is 0. The van der Waals surface area contributed by atoms with Crippen LogP contribution < -0.4 is 0 Å². The maximum atomic E-state index is 9.81. The third-order valence-electron chi connectivity index (χ3n) is 1.37. The van der Waals surface area contributed by atoms with E-state index in [0.29, 0.717) is 5.57 Å². The van der Waals surface area contributed by atoms with Gasteiger partial charge in [0.05, 0.1) is 0 Å². The Kier molecular flexibility index (Phi) is 6.42. The fourth-order valence-electron chi connectivity index (χ4n) is 0.589. The van der Waals surface area contributed by atoms with Crippen LogP contribution in [0.1, 0.15) is 12.5 Å². The van der Waals surface area contributed by atoms with E-state index in [9.17, 15) is 4.79 Å². The van der Waals surface area contributed by atoms with Crippen molar-refractivity contribution in [2.45, 2.75) is 6.92 Å². The van der Waals surface area contributed by atoms with E-state index in [1.54, 1.807) is 6.92 Å². The molecule has 0 aromatic heterocycles. The van der Waals surface area contributed by atoms with Crippen LogP contribution in [0.15, 0.2) is 49.1 Å². The summed E-state index contributed by atoms with van der Waals surface area (Å²) in [6.45, 7) is 8.47. The Hall–Kier alpha value is -1.34. The Morgan fingerprint density at radius 3 is 2.00 bits per heavy atom. The van der Waals surface area contributed by atoms with Crippen molar-refractivity contribution in [1.82, 2.24) is 0 Å². The lowest BCUT2D eigenvalue weighted by Crippen LogP contribution is -1.81. The van der Waals surface area contributed by atoms with Crippen LogP contribution in [0, 0.1) is 0 Å². The van der Waals surface area contributed by atoms with Gasteiger partial charge in [-0.1, -0.05) is 49.6 Å². The molecule has 74 valence electrons. The Labute approximate surface area is 89.7 Å².